The lowest BCUT2D eigenvalue weighted by atomic mass is 10.2. The van der Waals surface area contributed by atoms with E-state index in [0.717, 1.165) is 25.1 Å². The van der Waals surface area contributed by atoms with E-state index in [1.807, 2.05) is 30.3 Å². The van der Waals surface area contributed by atoms with Gasteiger partial charge in [0.05, 0.1) is 6.54 Å². The van der Waals surface area contributed by atoms with Gasteiger partial charge in [-0.3, -0.25) is 0 Å². The third kappa shape index (κ3) is 4.95. The van der Waals surface area contributed by atoms with Gasteiger partial charge in [0, 0.05) is 11.6 Å². The van der Waals surface area contributed by atoms with Gasteiger partial charge in [-0.2, -0.15) is 0 Å². The first-order chi connectivity index (χ1) is 10.2. The summed E-state index contributed by atoms with van der Waals surface area (Å²) >= 11 is 0. The van der Waals surface area contributed by atoms with Crippen LogP contribution in [0.15, 0.2) is 34.7 Å². The predicted octanol–water partition coefficient (Wildman–Crippen LogP) is 2.56. The summed E-state index contributed by atoms with van der Waals surface area (Å²) in [6.07, 6.45) is 1.11. The number of hydrogen-bond acceptors (Lipinski definition) is 5. The highest BCUT2D eigenvalue weighted by molar-refractivity contribution is 5.51. The Bertz CT molecular complexity index is 524. The summed E-state index contributed by atoms with van der Waals surface area (Å²) in [6, 6.07) is 10.4. The van der Waals surface area contributed by atoms with Gasteiger partial charge in [-0.25, -0.2) is 0 Å². The molecule has 2 rings (SSSR count). The van der Waals surface area contributed by atoms with Crippen LogP contribution < -0.4 is 5.32 Å². The van der Waals surface area contributed by atoms with Crippen molar-refractivity contribution < 1.29 is 4.42 Å². The topological polar surface area (TPSA) is 54.2 Å². The Morgan fingerprint density at radius 2 is 1.95 bits per heavy atom. The fraction of sp³-hybridized carbons (Fsp3) is 0.500. The summed E-state index contributed by atoms with van der Waals surface area (Å²) in [5.74, 6) is 1.21. The lowest BCUT2D eigenvalue weighted by Crippen LogP contribution is -2.29. The Balaban J connectivity index is 1.72. The molecule has 0 aliphatic heterocycles. The second-order valence-corrected chi connectivity index (χ2v) is 5.47. The summed E-state index contributed by atoms with van der Waals surface area (Å²) in [5, 5.41) is 11.5. The number of nitrogens with one attached hydrogen (secondary N) is 1. The third-order valence-electron chi connectivity index (χ3n) is 3.51. The van der Waals surface area contributed by atoms with Crippen molar-refractivity contribution in [1.29, 1.82) is 0 Å². The quantitative estimate of drug-likeness (QED) is 0.757. The van der Waals surface area contributed by atoms with Crippen LogP contribution in [0.1, 0.15) is 26.2 Å². The van der Waals surface area contributed by atoms with Gasteiger partial charge in [-0.1, -0.05) is 18.2 Å². The molecule has 0 radical (unpaired) electrons. The van der Waals surface area contributed by atoms with Crippen molar-refractivity contribution in [1.82, 2.24) is 20.4 Å². The maximum Gasteiger partial charge on any atom is 0.247 e. The SMILES string of the molecule is CC(C)N(C)CCCNCc1nnc(-c2ccccc2)o1. The highest BCUT2D eigenvalue weighted by Crippen LogP contribution is 2.16. The van der Waals surface area contributed by atoms with Crippen LogP contribution in [0.2, 0.25) is 0 Å². The van der Waals surface area contributed by atoms with Crippen molar-refractivity contribution in [3.63, 3.8) is 0 Å². The van der Waals surface area contributed by atoms with E-state index in [1.165, 1.54) is 0 Å². The molecular weight excluding hydrogens is 264 g/mol. The second kappa shape index (κ2) is 7.90. The molecule has 0 unspecified atom stereocenters. The third-order valence-corrected chi connectivity index (χ3v) is 3.51. The van der Waals surface area contributed by atoms with Gasteiger partial charge in [0.15, 0.2) is 0 Å². The van der Waals surface area contributed by atoms with Gasteiger partial charge in [0.1, 0.15) is 0 Å². The van der Waals surface area contributed by atoms with Gasteiger partial charge in [-0.05, 0) is 52.5 Å². The van der Waals surface area contributed by atoms with Gasteiger partial charge in [0.2, 0.25) is 11.8 Å². The fourth-order valence-electron chi connectivity index (χ4n) is 1.93. The molecule has 114 valence electrons. The van der Waals surface area contributed by atoms with Crippen LogP contribution in [-0.2, 0) is 6.54 Å². The van der Waals surface area contributed by atoms with Gasteiger partial charge in [0.25, 0.3) is 0 Å². The molecule has 0 aliphatic carbocycles. The predicted molar refractivity (Wildman–Crippen MR) is 83.8 cm³/mol. The molecule has 2 aromatic rings. The Hall–Kier alpha value is -1.72. The van der Waals surface area contributed by atoms with E-state index in [4.69, 9.17) is 4.42 Å². The lowest BCUT2D eigenvalue weighted by molar-refractivity contribution is 0.269. The van der Waals surface area contributed by atoms with Crippen LogP contribution in [0.4, 0.5) is 0 Å². The van der Waals surface area contributed by atoms with Crippen LogP contribution >= 0.6 is 0 Å². The molecule has 0 spiro atoms. The van der Waals surface area contributed by atoms with Crippen molar-refractivity contribution in [2.24, 2.45) is 0 Å². The van der Waals surface area contributed by atoms with Crippen LogP contribution in [0.5, 0.6) is 0 Å². The average Bonchev–Trinajstić information content (AvgIpc) is 2.96. The van der Waals surface area contributed by atoms with Crippen molar-refractivity contribution in [2.75, 3.05) is 20.1 Å². The van der Waals surface area contributed by atoms with Crippen LogP contribution in [-0.4, -0.2) is 41.3 Å². The van der Waals surface area contributed by atoms with Crippen molar-refractivity contribution in [2.45, 2.75) is 32.9 Å². The second-order valence-electron chi connectivity index (χ2n) is 5.47. The van der Waals surface area contributed by atoms with E-state index in [1.54, 1.807) is 0 Å². The standard InChI is InChI=1S/C16H24N4O/c1-13(2)20(3)11-7-10-17-12-15-18-19-16(21-15)14-8-5-4-6-9-14/h4-6,8-9,13,17H,7,10-12H2,1-3H3. The monoisotopic (exact) mass is 288 g/mol. The smallest absolute Gasteiger partial charge is 0.247 e. The maximum atomic E-state index is 5.64. The molecule has 0 saturated carbocycles. The van der Waals surface area contributed by atoms with E-state index in [2.05, 4.69) is 41.3 Å². The molecule has 0 atom stereocenters. The van der Waals surface area contributed by atoms with Crippen molar-refractivity contribution in [3.8, 4) is 11.5 Å². The van der Waals surface area contributed by atoms with Crippen LogP contribution in [0.3, 0.4) is 0 Å². The number of nitrogens with zero attached hydrogens (tertiary/aromatic N) is 3. The van der Waals surface area contributed by atoms with E-state index in [9.17, 15) is 0 Å². The van der Waals surface area contributed by atoms with Crippen molar-refractivity contribution in [3.05, 3.63) is 36.2 Å². The molecule has 0 aliphatic rings. The molecule has 0 bridgehead atoms. The van der Waals surface area contributed by atoms with Crippen LogP contribution in [0.25, 0.3) is 11.5 Å². The van der Waals surface area contributed by atoms with Crippen LogP contribution in [0, 0.1) is 0 Å². The number of hydrogen-bond donors (Lipinski definition) is 1. The number of aromatic nitrogens is 2. The summed E-state index contributed by atoms with van der Waals surface area (Å²) < 4.78 is 5.64. The van der Waals surface area contributed by atoms with Gasteiger partial charge >= 0.3 is 0 Å². The molecular formula is C16H24N4O. The highest BCUT2D eigenvalue weighted by atomic mass is 16.4. The zero-order valence-corrected chi connectivity index (χ0v) is 13.0. The number of benzene rings is 1. The first-order valence-corrected chi connectivity index (χ1v) is 7.45. The fourth-order valence-corrected chi connectivity index (χ4v) is 1.93. The summed E-state index contributed by atoms with van der Waals surface area (Å²) in [5.41, 5.74) is 0.954. The summed E-state index contributed by atoms with van der Waals surface area (Å²) in [4.78, 5) is 2.34. The van der Waals surface area contributed by atoms with Crippen molar-refractivity contribution >= 4 is 0 Å². The van der Waals surface area contributed by atoms with E-state index in [0.29, 0.717) is 24.4 Å². The Morgan fingerprint density at radius 1 is 1.19 bits per heavy atom. The molecule has 1 N–H and O–H groups in total. The molecule has 1 aromatic heterocycles. The molecule has 1 heterocycles. The minimum absolute atomic E-state index is 0.576. The normalized spacial score (nSPS) is 11.5. The Kier molecular flexibility index (Phi) is 5.90. The highest BCUT2D eigenvalue weighted by Gasteiger charge is 2.07. The first-order valence-electron chi connectivity index (χ1n) is 7.45. The largest absolute Gasteiger partial charge is 0.419 e. The molecule has 21 heavy (non-hydrogen) atoms. The first kappa shape index (κ1) is 15.7. The summed E-state index contributed by atoms with van der Waals surface area (Å²) in [6.45, 7) is 7.06. The summed E-state index contributed by atoms with van der Waals surface area (Å²) in [7, 11) is 2.15. The van der Waals surface area contributed by atoms with E-state index in [-0.39, 0.29) is 0 Å². The molecule has 1 aromatic carbocycles. The molecule has 5 heteroatoms. The zero-order valence-electron chi connectivity index (χ0n) is 13.0. The van der Waals surface area contributed by atoms with Gasteiger partial charge < -0.3 is 14.6 Å². The Morgan fingerprint density at radius 3 is 2.67 bits per heavy atom. The van der Waals surface area contributed by atoms with Gasteiger partial charge in [-0.15, -0.1) is 10.2 Å². The molecule has 0 amide bonds. The number of rotatable bonds is 8. The zero-order chi connectivity index (χ0) is 15.1. The molecule has 0 saturated heterocycles. The van der Waals surface area contributed by atoms with E-state index < -0.39 is 0 Å². The minimum atomic E-state index is 0.576. The lowest BCUT2D eigenvalue weighted by Gasteiger charge is -2.20. The minimum Gasteiger partial charge on any atom is -0.419 e. The maximum absolute atomic E-state index is 5.64. The van der Waals surface area contributed by atoms with E-state index >= 15 is 0 Å². The Labute approximate surface area is 126 Å². The molecule has 5 nitrogen and oxygen atoms in total. The average molecular weight is 288 g/mol. The molecule has 0 fully saturated rings.